The Bertz CT molecular complexity index is 1070. The number of thiazole rings is 1. The van der Waals surface area contributed by atoms with E-state index in [1.54, 1.807) is 10.7 Å². The summed E-state index contributed by atoms with van der Waals surface area (Å²) in [4.78, 5) is 33.6. The lowest BCUT2D eigenvalue weighted by Gasteiger charge is -2.34. The third-order valence-corrected chi connectivity index (χ3v) is 6.42. The molecule has 0 aliphatic carbocycles. The lowest BCUT2D eigenvalue weighted by Crippen LogP contribution is -2.49. The Balaban J connectivity index is 1.34. The molecule has 158 valence electrons. The van der Waals surface area contributed by atoms with Gasteiger partial charge in [-0.1, -0.05) is 32.9 Å². The molecule has 1 aliphatic heterocycles. The summed E-state index contributed by atoms with van der Waals surface area (Å²) in [7, 11) is 0. The third kappa shape index (κ3) is 4.44. The van der Waals surface area contributed by atoms with E-state index in [9.17, 15) is 9.59 Å². The second kappa shape index (κ2) is 8.28. The average Bonchev–Trinajstić information content (AvgIpc) is 3.16. The molecule has 30 heavy (non-hydrogen) atoms. The summed E-state index contributed by atoms with van der Waals surface area (Å²) in [6.07, 6.45) is 0. The van der Waals surface area contributed by atoms with E-state index in [1.807, 2.05) is 35.2 Å². The number of hydrogen-bond acceptors (Lipinski definition) is 6. The second-order valence-corrected chi connectivity index (χ2v) is 9.68. The Morgan fingerprint density at radius 2 is 1.77 bits per heavy atom. The average molecular weight is 426 g/mol. The van der Waals surface area contributed by atoms with Gasteiger partial charge in [-0.2, -0.15) is 5.10 Å². The van der Waals surface area contributed by atoms with Crippen LogP contribution < -0.4 is 5.56 Å². The van der Waals surface area contributed by atoms with Gasteiger partial charge in [-0.05, 0) is 18.2 Å². The molecular formula is C22H27N5O2S. The molecule has 4 rings (SSSR count). The Morgan fingerprint density at radius 1 is 1.03 bits per heavy atom. The molecule has 0 spiro atoms. The zero-order valence-corrected chi connectivity index (χ0v) is 18.5. The van der Waals surface area contributed by atoms with Gasteiger partial charge in [0.1, 0.15) is 0 Å². The van der Waals surface area contributed by atoms with Gasteiger partial charge in [-0.25, -0.2) is 9.67 Å². The summed E-state index contributed by atoms with van der Waals surface area (Å²) in [5.74, 6) is 0.00612. The van der Waals surface area contributed by atoms with Gasteiger partial charge in [0.15, 0.2) is 5.01 Å². The van der Waals surface area contributed by atoms with E-state index in [2.05, 4.69) is 35.8 Å². The quantitative estimate of drug-likeness (QED) is 0.643. The molecule has 0 unspecified atom stereocenters. The minimum Gasteiger partial charge on any atom is -0.334 e. The second-order valence-electron chi connectivity index (χ2n) is 8.65. The van der Waals surface area contributed by atoms with Crippen LogP contribution in [0.4, 0.5) is 0 Å². The van der Waals surface area contributed by atoms with Gasteiger partial charge in [0.25, 0.3) is 11.5 Å². The maximum absolute atomic E-state index is 12.8. The van der Waals surface area contributed by atoms with Gasteiger partial charge in [0.2, 0.25) is 0 Å². The van der Waals surface area contributed by atoms with Gasteiger partial charge in [-0.3, -0.25) is 14.5 Å². The van der Waals surface area contributed by atoms with Crippen LogP contribution in [0.2, 0.25) is 0 Å². The van der Waals surface area contributed by atoms with E-state index < -0.39 is 0 Å². The van der Waals surface area contributed by atoms with Gasteiger partial charge in [0, 0.05) is 44.2 Å². The van der Waals surface area contributed by atoms with E-state index >= 15 is 0 Å². The molecule has 1 saturated heterocycles. The number of rotatable bonds is 4. The lowest BCUT2D eigenvalue weighted by molar-refractivity contribution is 0.0631. The first kappa shape index (κ1) is 20.7. The number of nitrogens with zero attached hydrogens (tertiary/aromatic N) is 5. The van der Waals surface area contributed by atoms with E-state index in [1.165, 1.54) is 11.3 Å². The van der Waals surface area contributed by atoms with Crippen LogP contribution in [0.3, 0.4) is 0 Å². The van der Waals surface area contributed by atoms with Gasteiger partial charge >= 0.3 is 0 Å². The van der Waals surface area contributed by atoms with Gasteiger partial charge in [0.05, 0.1) is 22.5 Å². The molecule has 3 heterocycles. The minimum atomic E-state index is -0.0952. The number of amides is 1. The van der Waals surface area contributed by atoms with Crippen molar-refractivity contribution in [1.82, 2.24) is 24.6 Å². The first-order chi connectivity index (χ1) is 14.3. The number of carbonyl (C=O) groups excluding carboxylic acids is 1. The highest BCUT2D eigenvalue weighted by atomic mass is 32.1. The van der Waals surface area contributed by atoms with Crippen LogP contribution in [0.1, 0.15) is 36.3 Å². The number of piperazine rings is 1. The maximum Gasteiger partial charge on any atom is 0.282 e. The van der Waals surface area contributed by atoms with E-state index in [0.717, 1.165) is 35.5 Å². The fourth-order valence-electron chi connectivity index (χ4n) is 3.52. The molecule has 7 nitrogen and oxygen atoms in total. The summed E-state index contributed by atoms with van der Waals surface area (Å²) >= 11 is 1.45. The zero-order chi connectivity index (χ0) is 21.3. The van der Waals surface area contributed by atoms with E-state index in [0.29, 0.717) is 24.6 Å². The molecule has 8 heteroatoms. The Kier molecular flexibility index (Phi) is 5.71. The van der Waals surface area contributed by atoms with Crippen LogP contribution in [0.25, 0.3) is 10.2 Å². The lowest BCUT2D eigenvalue weighted by atomic mass is 9.92. The van der Waals surface area contributed by atoms with Crippen LogP contribution in [0, 0.1) is 0 Å². The van der Waals surface area contributed by atoms with Gasteiger partial charge < -0.3 is 4.90 Å². The van der Waals surface area contributed by atoms with Crippen LogP contribution in [0.5, 0.6) is 0 Å². The largest absolute Gasteiger partial charge is 0.334 e. The molecule has 0 saturated carbocycles. The molecular weight excluding hydrogens is 398 g/mol. The van der Waals surface area contributed by atoms with Crippen LogP contribution >= 0.6 is 11.3 Å². The molecule has 0 N–H and O–H groups in total. The number of para-hydroxylation sites is 1. The molecule has 1 amide bonds. The first-order valence-electron chi connectivity index (χ1n) is 10.3. The highest BCUT2D eigenvalue weighted by Gasteiger charge is 2.24. The fraction of sp³-hybridized carbons (Fsp3) is 0.455. The van der Waals surface area contributed by atoms with Crippen molar-refractivity contribution in [1.29, 1.82) is 0 Å². The Hall–Kier alpha value is -2.58. The molecule has 1 aromatic carbocycles. The highest BCUT2D eigenvalue weighted by molar-refractivity contribution is 7.20. The Morgan fingerprint density at radius 3 is 2.47 bits per heavy atom. The van der Waals surface area contributed by atoms with Crippen molar-refractivity contribution >= 4 is 27.5 Å². The first-order valence-corrected chi connectivity index (χ1v) is 11.1. The normalized spacial score (nSPS) is 15.6. The SMILES string of the molecule is CC(C)(C)c1ccc(=O)n(CCN2CCN(C(=O)c3nc4ccccc4s3)CC2)n1. The molecule has 2 aromatic heterocycles. The van der Waals surface area contributed by atoms with Crippen molar-refractivity contribution in [3.8, 4) is 0 Å². The van der Waals surface area contributed by atoms with Crippen molar-refractivity contribution in [3.63, 3.8) is 0 Å². The predicted molar refractivity (Wildman–Crippen MR) is 119 cm³/mol. The molecule has 1 aliphatic rings. The monoisotopic (exact) mass is 425 g/mol. The minimum absolute atomic E-state index is 0.00612. The highest BCUT2D eigenvalue weighted by Crippen LogP contribution is 2.23. The topological polar surface area (TPSA) is 71.3 Å². The summed E-state index contributed by atoms with van der Waals surface area (Å²) in [5.41, 5.74) is 1.61. The number of aromatic nitrogens is 3. The summed E-state index contributed by atoms with van der Waals surface area (Å²) in [6, 6.07) is 11.2. The number of fused-ring (bicyclic) bond motifs is 1. The number of hydrogen-bond donors (Lipinski definition) is 0. The van der Waals surface area contributed by atoms with E-state index in [-0.39, 0.29) is 16.9 Å². The number of benzene rings is 1. The maximum atomic E-state index is 12.8. The molecule has 0 radical (unpaired) electrons. The van der Waals surface area contributed by atoms with Crippen LogP contribution in [-0.2, 0) is 12.0 Å². The zero-order valence-electron chi connectivity index (χ0n) is 17.7. The number of carbonyl (C=O) groups is 1. The predicted octanol–water partition coefficient (Wildman–Crippen LogP) is 2.61. The summed E-state index contributed by atoms with van der Waals surface area (Å²) < 4.78 is 2.59. The van der Waals surface area contributed by atoms with E-state index in [4.69, 9.17) is 0 Å². The van der Waals surface area contributed by atoms with Crippen molar-refractivity contribution in [2.45, 2.75) is 32.7 Å². The van der Waals surface area contributed by atoms with Crippen LogP contribution in [-0.4, -0.2) is 63.2 Å². The molecule has 1 fully saturated rings. The van der Waals surface area contributed by atoms with Crippen LogP contribution in [0.15, 0.2) is 41.2 Å². The van der Waals surface area contributed by atoms with Gasteiger partial charge in [-0.15, -0.1) is 11.3 Å². The summed E-state index contributed by atoms with van der Waals surface area (Å²) in [6.45, 7) is 10.5. The third-order valence-electron chi connectivity index (χ3n) is 5.40. The molecule has 0 atom stereocenters. The van der Waals surface area contributed by atoms with Crippen molar-refractivity contribution in [3.05, 3.63) is 57.5 Å². The Labute approximate surface area is 179 Å². The van der Waals surface area contributed by atoms with Crippen molar-refractivity contribution in [2.24, 2.45) is 0 Å². The smallest absolute Gasteiger partial charge is 0.282 e. The van der Waals surface area contributed by atoms with Crippen molar-refractivity contribution in [2.75, 3.05) is 32.7 Å². The summed E-state index contributed by atoms with van der Waals surface area (Å²) in [5, 5.41) is 5.09. The van der Waals surface area contributed by atoms with Crippen molar-refractivity contribution < 1.29 is 4.79 Å². The standard InChI is InChI=1S/C22H27N5O2S/c1-22(2,3)18-8-9-19(28)27(24-18)15-12-25-10-13-26(14-11-25)21(29)20-23-16-6-4-5-7-17(16)30-20/h4-9H,10-15H2,1-3H3. The molecule has 0 bridgehead atoms. The molecule has 3 aromatic rings. The fourth-order valence-corrected chi connectivity index (χ4v) is 4.45.